The van der Waals surface area contributed by atoms with Gasteiger partial charge in [0.2, 0.25) is 5.91 Å². The second-order valence-electron chi connectivity index (χ2n) is 8.05. The van der Waals surface area contributed by atoms with E-state index in [9.17, 15) is 9.90 Å². The Labute approximate surface area is 175 Å². The highest BCUT2D eigenvalue weighted by atomic mass is 16.3. The van der Waals surface area contributed by atoms with Gasteiger partial charge in [-0.2, -0.15) is 0 Å². The maximum atomic E-state index is 12.6. The molecule has 0 unspecified atom stereocenters. The van der Waals surface area contributed by atoms with Gasteiger partial charge in [-0.25, -0.2) is 0 Å². The number of fused-ring (bicyclic) bond motifs is 3. The van der Waals surface area contributed by atoms with Crippen molar-refractivity contribution in [3.8, 4) is 11.4 Å². The third kappa shape index (κ3) is 3.70. The average Bonchev–Trinajstić information content (AvgIpc) is 3.00. The topological polar surface area (TPSA) is 92.4 Å². The van der Waals surface area contributed by atoms with E-state index in [1.807, 2.05) is 62.6 Å². The van der Waals surface area contributed by atoms with Crippen LogP contribution in [0.5, 0.6) is 5.75 Å². The fourth-order valence-electron chi connectivity index (χ4n) is 3.64. The van der Waals surface area contributed by atoms with Crippen molar-refractivity contribution in [2.75, 3.05) is 0 Å². The number of aryl methyl sites for hydroxylation is 2. The first-order valence-electron chi connectivity index (χ1n) is 10.0. The largest absolute Gasteiger partial charge is 0.508 e. The molecule has 0 saturated carbocycles. The summed E-state index contributed by atoms with van der Waals surface area (Å²) in [7, 11) is 0. The van der Waals surface area contributed by atoms with E-state index in [-0.39, 0.29) is 17.6 Å². The van der Waals surface area contributed by atoms with Crippen molar-refractivity contribution in [2.24, 2.45) is 10.9 Å². The molecule has 2 heterocycles. The van der Waals surface area contributed by atoms with E-state index in [1.54, 1.807) is 12.1 Å². The van der Waals surface area contributed by atoms with E-state index in [0.717, 1.165) is 22.4 Å². The number of aromatic nitrogens is 3. The SMILES string of the molecule is Cc1ccc(C2=N[C@@H](NC(=O)CC(C)C)c3nnc(C)n3-c3ccc(O)cc32)cc1. The van der Waals surface area contributed by atoms with Crippen molar-refractivity contribution >= 4 is 11.6 Å². The van der Waals surface area contributed by atoms with Crippen LogP contribution in [0.3, 0.4) is 0 Å². The summed E-state index contributed by atoms with van der Waals surface area (Å²) in [6.07, 6.45) is -0.296. The summed E-state index contributed by atoms with van der Waals surface area (Å²) in [5.41, 5.74) is 4.28. The molecular weight excluding hydrogens is 378 g/mol. The van der Waals surface area contributed by atoms with Gasteiger partial charge in [0, 0.05) is 17.5 Å². The number of rotatable bonds is 4. The standard InChI is InChI=1S/C23H25N5O2/c1-13(2)11-20(30)24-22-23-27-26-15(4)28(23)19-10-9-17(29)12-18(19)21(25-22)16-7-5-14(3)6-8-16/h5-10,12-13,22,29H,11H2,1-4H3,(H,24,30)/t22-/m1/s1. The maximum absolute atomic E-state index is 12.6. The van der Waals surface area contributed by atoms with Crippen LogP contribution in [0.2, 0.25) is 0 Å². The molecule has 0 radical (unpaired) electrons. The average molecular weight is 403 g/mol. The Morgan fingerprint density at radius 3 is 2.57 bits per heavy atom. The third-order valence-corrected chi connectivity index (χ3v) is 5.05. The van der Waals surface area contributed by atoms with Crippen LogP contribution in [0.25, 0.3) is 5.69 Å². The zero-order chi connectivity index (χ0) is 21.4. The first-order chi connectivity index (χ1) is 14.3. The van der Waals surface area contributed by atoms with Gasteiger partial charge in [0.15, 0.2) is 12.0 Å². The number of carbonyl (C=O) groups is 1. The summed E-state index contributed by atoms with van der Waals surface area (Å²) in [6, 6.07) is 13.2. The summed E-state index contributed by atoms with van der Waals surface area (Å²) in [4.78, 5) is 17.5. The van der Waals surface area contributed by atoms with Crippen LogP contribution in [0.15, 0.2) is 47.5 Å². The number of aromatic hydroxyl groups is 1. The molecule has 1 aromatic heterocycles. The van der Waals surface area contributed by atoms with Crippen molar-refractivity contribution < 1.29 is 9.90 Å². The van der Waals surface area contributed by atoms with E-state index in [0.29, 0.717) is 23.8 Å². The summed E-state index contributed by atoms with van der Waals surface area (Å²) in [5.74, 6) is 1.50. The molecule has 0 aliphatic carbocycles. The van der Waals surface area contributed by atoms with Gasteiger partial charge >= 0.3 is 0 Å². The number of aliphatic imine (C=N–C) groups is 1. The van der Waals surface area contributed by atoms with Crippen molar-refractivity contribution in [1.29, 1.82) is 0 Å². The van der Waals surface area contributed by atoms with Gasteiger partial charge in [-0.3, -0.25) is 14.4 Å². The molecule has 0 fully saturated rings. The fourth-order valence-corrected chi connectivity index (χ4v) is 3.64. The molecule has 2 N–H and O–H groups in total. The van der Waals surface area contributed by atoms with Gasteiger partial charge in [-0.1, -0.05) is 43.7 Å². The number of phenols is 1. The lowest BCUT2D eigenvalue weighted by Crippen LogP contribution is -2.30. The number of phenolic OH excluding ortho intramolecular Hbond substituents is 1. The number of nitrogens with zero attached hydrogens (tertiary/aromatic N) is 4. The van der Waals surface area contributed by atoms with E-state index in [4.69, 9.17) is 4.99 Å². The summed E-state index contributed by atoms with van der Waals surface area (Å²) in [5, 5.41) is 21.8. The Morgan fingerprint density at radius 2 is 1.87 bits per heavy atom. The highest BCUT2D eigenvalue weighted by molar-refractivity contribution is 6.15. The number of hydrogen-bond donors (Lipinski definition) is 2. The molecule has 2 aromatic carbocycles. The molecule has 0 bridgehead atoms. The number of amides is 1. The number of benzene rings is 2. The number of carbonyl (C=O) groups excluding carboxylic acids is 1. The highest BCUT2D eigenvalue weighted by Gasteiger charge is 2.29. The Morgan fingerprint density at radius 1 is 1.13 bits per heavy atom. The van der Waals surface area contributed by atoms with Crippen molar-refractivity contribution in [3.63, 3.8) is 0 Å². The van der Waals surface area contributed by atoms with Gasteiger partial charge in [-0.05, 0) is 38.0 Å². The predicted molar refractivity (Wildman–Crippen MR) is 115 cm³/mol. The van der Waals surface area contributed by atoms with Gasteiger partial charge in [0.25, 0.3) is 0 Å². The second-order valence-corrected chi connectivity index (χ2v) is 8.05. The minimum atomic E-state index is -0.691. The number of nitrogens with one attached hydrogen (secondary N) is 1. The minimum absolute atomic E-state index is 0.0944. The molecule has 4 rings (SSSR count). The lowest BCUT2D eigenvalue weighted by Gasteiger charge is -2.15. The fraction of sp³-hybridized carbons (Fsp3) is 0.304. The maximum Gasteiger partial charge on any atom is 0.222 e. The van der Waals surface area contributed by atoms with Crippen LogP contribution < -0.4 is 5.32 Å². The normalized spacial score (nSPS) is 15.2. The second kappa shape index (κ2) is 7.74. The quantitative estimate of drug-likeness (QED) is 0.696. The zero-order valence-corrected chi connectivity index (χ0v) is 17.5. The molecule has 154 valence electrons. The molecule has 0 saturated heterocycles. The van der Waals surface area contributed by atoms with E-state index in [2.05, 4.69) is 15.5 Å². The van der Waals surface area contributed by atoms with Crippen molar-refractivity contribution in [1.82, 2.24) is 20.1 Å². The van der Waals surface area contributed by atoms with Crippen LogP contribution in [-0.4, -0.2) is 31.5 Å². The molecule has 1 aliphatic rings. The van der Waals surface area contributed by atoms with E-state index in [1.165, 1.54) is 0 Å². The number of hydrogen-bond acceptors (Lipinski definition) is 5. The minimum Gasteiger partial charge on any atom is -0.508 e. The lowest BCUT2D eigenvalue weighted by atomic mass is 9.99. The van der Waals surface area contributed by atoms with Gasteiger partial charge in [-0.15, -0.1) is 10.2 Å². The Balaban J connectivity index is 1.92. The van der Waals surface area contributed by atoms with Crippen LogP contribution in [0, 0.1) is 19.8 Å². The van der Waals surface area contributed by atoms with Crippen LogP contribution in [0.1, 0.15) is 54.8 Å². The molecule has 30 heavy (non-hydrogen) atoms. The molecule has 7 nitrogen and oxygen atoms in total. The molecule has 3 aromatic rings. The van der Waals surface area contributed by atoms with Crippen molar-refractivity contribution in [2.45, 2.75) is 40.3 Å². The first kappa shape index (κ1) is 19.8. The Kier molecular flexibility index (Phi) is 5.11. The molecular formula is C23H25N5O2. The third-order valence-electron chi connectivity index (χ3n) is 5.05. The molecule has 1 amide bonds. The first-order valence-corrected chi connectivity index (χ1v) is 10.0. The van der Waals surface area contributed by atoms with Gasteiger partial charge < -0.3 is 10.4 Å². The van der Waals surface area contributed by atoms with Gasteiger partial charge in [0.1, 0.15) is 11.6 Å². The Hall–Kier alpha value is -3.48. The molecule has 7 heteroatoms. The predicted octanol–water partition coefficient (Wildman–Crippen LogP) is 3.60. The van der Waals surface area contributed by atoms with Gasteiger partial charge in [0.05, 0.1) is 11.4 Å². The van der Waals surface area contributed by atoms with Crippen molar-refractivity contribution in [3.05, 3.63) is 70.8 Å². The summed E-state index contributed by atoms with van der Waals surface area (Å²) < 4.78 is 1.89. The highest BCUT2D eigenvalue weighted by Crippen LogP contribution is 2.32. The van der Waals surface area contributed by atoms with Crippen LogP contribution in [-0.2, 0) is 4.79 Å². The monoisotopic (exact) mass is 403 g/mol. The molecule has 0 spiro atoms. The summed E-state index contributed by atoms with van der Waals surface area (Å²) in [6.45, 7) is 7.88. The molecule has 1 atom stereocenters. The van der Waals surface area contributed by atoms with Crippen LogP contribution in [0.4, 0.5) is 0 Å². The van der Waals surface area contributed by atoms with E-state index < -0.39 is 6.17 Å². The lowest BCUT2D eigenvalue weighted by molar-refractivity contribution is -0.122. The smallest absolute Gasteiger partial charge is 0.222 e. The van der Waals surface area contributed by atoms with Crippen LogP contribution >= 0.6 is 0 Å². The van der Waals surface area contributed by atoms with E-state index >= 15 is 0 Å². The Bertz CT molecular complexity index is 1130. The summed E-state index contributed by atoms with van der Waals surface area (Å²) >= 11 is 0. The zero-order valence-electron chi connectivity index (χ0n) is 17.5. The molecule has 1 aliphatic heterocycles.